The second-order valence-corrected chi connectivity index (χ2v) is 6.04. The maximum atomic E-state index is 12.3. The lowest BCUT2D eigenvalue weighted by atomic mass is 10.2. The van der Waals surface area contributed by atoms with Crippen molar-refractivity contribution in [1.82, 2.24) is 9.78 Å². The Hall–Kier alpha value is -3.09. The second-order valence-electron chi connectivity index (χ2n) is 6.04. The van der Waals surface area contributed by atoms with Crippen molar-refractivity contribution in [3.05, 3.63) is 47.3 Å². The summed E-state index contributed by atoms with van der Waals surface area (Å²) in [6, 6.07) is 7.36. The Labute approximate surface area is 159 Å². The topological polar surface area (TPSA) is 82.4 Å². The molecule has 1 aromatic carbocycles. The van der Waals surface area contributed by atoms with Gasteiger partial charge in [-0.15, -0.1) is 0 Å². The maximum absolute atomic E-state index is 12.3. The molecule has 0 saturated carbocycles. The van der Waals surface area contributed by atoms with E-state index in [0.29, 0.717) is 23.7 Å². The first-order chi connectivity index (χ1) is 12.8. The van der Waals surface area contributed by atoms with Gasteiger partial charge in [-0.25, -0.2) is 4.79 Å². The normalized spacial score (nSPS) is 12.0. The van der Waals surface area contributed by atoms with Crippen LogP contribution in [-0.4, -0.2) is 34.4 Å². The maximum Gasteiger partial charge on any atom is 0.331 e. The van der Waals surface area contributed by atoms with Crippen LogP contribution in [0.3, 0.4) is 0 Å². The summed E-state index contributed by atoms with van der Waals surface area (Å²) in [6.45, 7) is 7.60. The molecular formula is C20H25N3O4. The second kappa shape index (κ2) is 9.02. The van der Waals surface area contributed by atoms with Crippen molar-refractivity contribution in [1.29, 1.82) is 0 Å². The third kappa shape index (κ3) is 5.20. The molecule has 7 nitrogen and oxygen atoms in total. The number of amides is 1. The standard InChI is InChI=1S/C20H25N3O4/c1-6-26-17-10-8-7-9-16(17)11-12-18(24)27-15(4)20(25)21-19-13(2)22-23(5)14(19)3/h7-12,15H,6H2,1-5H3,(H,21,25)/b12-11+/t15-/m0/s1. The fourth-order valence-electron chi connectivity index (χ4n) is 2.51. The van der Waals surface area contributed by atoms with Crippen LogP contribution >= 0.6 is 0 Å². The molecule has 0 spiro atoms. The van der Waals surface area contributed by atoms with Crippen molar-refractivity contribution in [3.8, 4) is 5.75 Å². The fourth-order valence-corrected chi connectivity index (χ4v) is 2.51. The highest BCUT2D eigenvalue weighted by atomic mass is 16.5. The minimum atomic E-state index is -0.941. The third-order valence-electron chi connectivity index (χ3n) is 4.04. The van der Waals surface area contributed by atoms with Crippen molar-refractivity contribution >= 4 is 23.6 Å². The predicted molar refractivity (Wildman–Crippen MR) is 104 cm³/mol. The summed E-state index contributed by atoms with van der Waals surface area (Å²) >= 11 is 0. The zero-order chi connectivity index (χ0) is 20.0. The average molecular weight is 371 g/mol. The number of carbonyl (C=O) groups is 2. The van der Waals surface area contributed by atoms with Crippen LogP contribution in [0.5, 0.6) is 5.75 Å². The molecule has 2 rings (SSSR count). The van der Waals surface area contributed by atoms with Gasteiger partial charge in [-0.05, 0) is 39.8 Å². The molecule has 0 bridgehead atoms. The van der Waals surface area contributed by atoms with Crippen molar-refractivity contribution in [2.45, 2.75) is 33.8 Å². The molecule has 27 heavy (non-hydrogen) atoms. The van der Waals surface area contributed by atoms with E-state index in [1.54, 1.807) is 24.7 Å². The minimum absolute atomic E-state index is 0.411. The van der Waals surface area contributed by atoms with Gasteiger partial charge >= 0.3 is 5.97 Å². The molecule has 1 amide bonds. The Morgan fingerprint density at radius 1 is 1.30 bits per heavy atom. The van der Waals surface area contributed by atoms with E-state index in [4.69, 9.17) is 9.47 Å². The highest BCUT2D eigenvalue weighted by Crippen LogP contribution is 2.20. The lowest BCUT2D eigenvalue weighted by Crippen LogP contribution is -2.29. The SMILES string of the molecule is CCOc1ccccc1/C=C/C(=O)O[C@@H](C)C(=O)Nc1c(C)nn(C)c1C. The van der Waals surface area contributed by atoms with E-state index in [0.717, 1.165) is 11.3 Å². The number of para-hydroxylation sites is 1. The van der Waals surface area contributed by atoms with Crippen LogP contribution in [0.4, 0.5) is 5.69 Å². The van der Waals surface area contributed by atoms with Crippen molar-refractivity contribution in [2.24, 2.45) is 7.05 Å². The van der Waals surface area contributed by atoms with Crippen molar-refractivity contribution in [2.75, 3.05) is 11.9 Å². The number of nitrogens with zero attached hydrogens (tertiary/aromatic N) is 2. The van der Waals surface area contributed by atoms with E-state index < -0.39 is 18.0 Å². The molecule has 0 saturated heterocycles. The van der Waals surface area contributed by atoms with E-state index >= 15 is 0 Å². The smallest absolute Gasteiger partial charge is 0.331 e. The summed E-state index contributed by atoms with van der Waals surface area (Å²) in [5.41, 5.74) is 2.92. The van der Waals surface area contributed by atoms with Crippen LogP contribution in [-0.2, 0) is 21.4 Å². The van der Waals surface area contributed by atoms with Crippen LogP contribution in [0.25, 0.3) is 6.08 Å². The number of aromatic nitrogens is 2. The molecule has 0 aliphatic rings. The number of hydrogen-bond acceptors (Lipinski definition) is 5. The molecule has 144 valence electrons. The summed E-state index contributed by atoms with van der Waals surface area (Å²) in [4.78, 5) is 24.4. The lowest BCUT2D eigenvalue weighted by molar-refractivity contribution is -0.148. The first-order valence-corrected chi connectivity index (χ1v) is 8.75. The highest BCUT2D eigenvalue weighted by Gasteiger charge is 2.20. The zero-order valence-electron chi connectivity index (χ0n) is 16.3. The molecule has 1 aromatic heterocycles. The Morgan fingerprint density at radius 2 is 2.00 bits per heavy atom. The van der Waals surface area contributed by atoms with Crippen LogP contribution in [0, 0.1) is 13.8 Å². The molecule has 0 radical (unpaired) electrons. The van der Waals surface area contributed by atoms with Crippen LogP contribution < -0.4 is 10.1 Å². The molecule has 0 fully saturated rings. The quantitative estimate of drug-likeness (QED) is 0.598. The van der Waals surface area contributed by atoms with E-state index in [1.807, 2.05) is 38.1 Å². The van der Waals surface area contributed by atoms with Crippen LogP contribution in [0.1, 0.15) is 30.8 Å². The average Bonchev–Trinajstić information content (AvgIpc) is 2.87. The molecule has 1 atom stereocenters. The first-order valence-electron chi connectivity index (χ1n) is 8.75. The molecule has 0 aliphatic carbocycles. The molecule has 0 unspecified atom stereocenters. The van der Waals surface area contributed by atoms with E-state index in [2.05, 4.69) is 10.4 Å². The summed E-state index contributed by atoms with van der Waals surface area (Å²) in [5.74, 6) is -0.341. The van der Waals surface area contributed by atoms with Gasteiger partial charge in [0.25, 0.3) is 5.91 Å². The third-order valence-corrected chi connectivity index (χ3v) is 4.04. The number of carbonyl (C=O) groups excluding carboxylic acids is 2. The number of ether oxygens (including phenoxy) is 2. The van der Waals surface area contributed by atoms with Gasteiger partial charge in [0.15, 0.2) is 6.10 Å². The number of aryl methyl sites for hydroxylation is 2. The molecule has 1 heterocycles. The van der Waals surface area contributed by atoms with Crippen LogP contribution in [0.2, 0.25) is 0 Å². The Kier molecular flexibility index (Phi) is 6.76. The van der Waals surface area contributed by atoms with E-state index in [9.17, 15) is 9.59 Å². The molecular weight excluding hydrogens is 346 g/mol. The molecule has 0 aliphatic heterocycles. The van der Waals surface area contributed by atoms with Gasteiger partial charge in [-0.1, -0.05) is 18.2 Å². The Bertz CT molecular complexity index is 855. The van der Waals surface area contributed by atoms with Crippen molar-refractivity contribution in [3.63, 3.8) is 0 Å². The number of hydrogen-bond donors (Lipinski definition) is 1. The van der Waals surface area contributed by atoms with Crippen molar-refractivity contribution < 1.29 is 19.1 Å². The fraction of sp³-hybridized carbons (Fsp3) is 0.350. The number of esters is 1. The highest BCUT2D eigenvalue weighted by molar-refractivity contribution is 5.97. The largest absolute Gasteiger partial charge is 0.493 e. The lowest BCUT2D eigenvalue weighted by Gasteiger charge is -2.12. The minimum Gasteiger partial charge on any atom is -0.493 e. The number of anilines is 1. The van der Waals surface area contributed by atoms with Gasteiger partial charge in [0.1, 0.15) is 5.75 Å². The van der Waals surface area contributed by atoms with Gasteiger partial charge in [0, 0.05) is 18.7 Å². The zero-order valence-corrected chi connectivity index (χ0v) is 16.3. The predicted octanol–water partition coefficient (Wildman–Crippen LogP) is 3.02. The summed E-state index contributed by atoms with van der Waals surface area (Å²) in [6.07, 6.45) is 1.94. The van der Waals surface area contributed by atoms with Gasteiger partial charge in [-0.2, -0.15) is 5.10 Å². The number of benzene rings is 1. The summed E-state index contributed by atoms with van der Waals surface area (Å²) < 4.78 is 12.4. The number of nitrogens with one attached hydrogen (secondary N) is 1. The first kappa shape index (κ1) is 20.2. The van der Waals surface area contributed by atoms with Gasteiger partial charge in [-0.3, -0.25) is 9.48 Å². The Balaban J connectivity index is 1.98. The Morgan fingerprint density at radius 3 is 2.63 bits per heavy atom. The molecule has 1 N–H and O–H groups in total. The number of rotatable bonds is 7. The van der Waals surface area contributed by atoms with E-state index in [-0.39, 0.29) is 0 Å². The van der Waals surface area contributed by atoms with E-state index in [1.165, 1.54) is 13.0 Å². The van der Waals surface area contributed by atoms with Gasteiger partial charge in [0.05, 0.1) is 23.7 Å². The molecule has 7 heteroatoms. The summed E-state index contributed by atoms with van der Waals surface area (Å²) in [7, 11) is 1.80. The summed E-state index contributed by atoms with van der Waals surface area (Å²) in [5, 5.41) is 7.00. The van der Waals surface area contributed by atoms with Gasteiger partial charge in [0.2, 0.25) is 0 Å². The van der Waals surface area contributed by atoms with Crippen LogP contribution in [0.15, 0.2) is 30.3 Å². The molecule has 2 aromatic rings. The monoisotopic (exact) mass is 371 g/mol. The van der Waals surface area contributed by atoms with Gasteiger partial charge < -0.3 is 14.8 Å².